The van der Waals surface area contributed by atoms with Crippen molar-refractivity contribution in [3.8, 4) is 0 Å². The summed E-state index contributed by atoms with van der Waals surface area (Å²) < 4.78 is 14.7. The molecule has 4 N–H and O–H groups in total. The molecule has 5 rings (SSSR count). The summed E-state index contributed by atoms with van der Waals surface area (Å²) in [4.78, 5) is 9.64. The molecule has 3 aliphatic carbocycles. The first kappa shape index (κ1) is 40.6. The lowest BCUT2D eigenvalue weighted by molar-refractivity contribution is 0.471. The molecule has 1 unspecified atom stereocenters. The van der Waals surface area contributed by atoms with Crippen molar-refractivity contribution in [1.29, 1.82) is 0 Å². The molecule has 1 aliphatic heterocycles. The summed E-state index contributed by atoms with van der Waals surface area (Å²) in [5, 5.41) is 13.9. The zero-order chi connectivity index (χ0) is 38.5. The fourth-order valence-corrected chi connectivity index (χ4v) is 6.49. The van der Waals surface area contributed by atoms with E-state index in [2.05, 4.69) is 98.0 Å². The second-order valence-corrected chi connectivity index (χ2v) is 13.7. The van der Waals surface area contributed by atoms with E-state index in [0.717, 1.165) is 119 Å². The topological polar surface area (TPSA) is 72.8 Å². The molecule has 4 aliphatic rings. The summed E-state index contributed by atoms with van der Waals surface area (Å²) in [6.07, 6.45) is 19.8. The second kappa shape index (κ2) is 19.6. The van der Waals surface area contributed by atoms with Gasteiger partial charge in [-0.15, -0.1) is 0 Å². The van der Waals surface area contributed by atoms with Crippen LogP contribution in [0, 0.1) is 11.7 Å². The van der Waals surface area contributed by atoms with Crippen molar-refractivity contribution in [2.24, 2.45) is 15.9 Å². The molecule has 280 valence electrons. The van der Waals surface area contributed by atoms with Crippen LogP contribution < -0.4 is 21.3 Å². The number of fused-ring (bicyclic) bond motifs is 1. The quantitative estimate of drug-likeness (QED) is 0.155. The molecule has 0 aromatic heterocycles. The minimum Gasteiger partial charge on any atom is -0.381 e. The van der Waals surface area contributed by atoms with Crippen molar-refractivity contribution >= 4 is 11.5 Å². The molecular weight excluding hydrogens is 656 g/mol. The zero-order valence-electron chi connectivity index (χ0n) is 32.4. The monoisotopic (exact) mass is 714 g/mol. The summed E-state index contributed by atoms with van der Waals surface area (Å²) in [5.74, 6) is 0.670. The molecule has 1 aromatic carbocycles. The molecule has 0 radical (unpaired) electrons. The Morgan fingerprint density at radius 2 is 1.74 bits per heavy atom. The van der Waals surface area contributed by atoms with Gasteiger partial charge < -0.3 is 21.3 Å². The van der Waals surface area contributed by atoms with Crippen LogP contribution in [0.1, 0.15) is 83.8 Å². The maximum Gasteiger partial charge on any atom is 0.128 e. The highest BCUT2D eigenvalue weighted by molar-refractivity contribution is 6.13. The van der Waals surface area contributed by atoms with E-state index in [1.807, 2.05) is 39.0 Å². The Hall–Kier alpha value is -5.17. The smallest absolute Gasteiger partial charge is 0.128 e. The number of nitrogens with one attached hydrogen (secondary N) is 4. The molecule has 0 saturated heterocycles. The minimum atomic E-state index is -0.245. The third kappa shape index (κ3) is 11.4. The lowest BCUT2D eigenvalue weighted by Crippen LogP contribution is -2.36. The number of aliphatic imine (C=N–C) groups is 2. The van der Waals surface area contributed by atoms with Crippen LogP contribution in [0.25, 0.3) is 0 Å². The summed E-state index contributed by atoms with van der Waals surface area (Å²) >= 11 is 0. The molecule has 1 aromatic rings. The third-order valence-corrected chi connectivity index (χ3v) is 9.75. The third-order valence-electron chi connectivity index (χ3n) is 9.75. The predicted octanol–water partition coefficient (Wildman–Crippen LogP) is 10.2. The normalized spacial score (nSPS) is 20.7. The molecule has 1 heterocycles. The highest BCUT2D eigenvalue weighted by Crippen LogP contribution is 2.31. The van der Waals surface area contributed by atoms with E-state index < -0.39 is 0 Å². The number of rotatable bonds is 14. The number of allylic oxidation sites excluding steroid dienone is 8. The van der Waals surface area contributed by atoms with E-state index in [0.29, 0.717) is 18.7 Å². The van der Waals surface area contributed by atoms with Gasteiger partial charge in [0.1, 0.15) is 11.7 Å². The number of benzene rings is 1. The van der Waals surface area contributed by atoms with E-state index in [4.69, 9.17) is 9.98 Å². The molecule has 2 bridgehead atoms. The van der Waals surface area contributed by atoms with Crippen molar-refractivity contribution < 1.29 is 4.39 Å². The number of hydrogen-bond donors (Lipinski definition) is 4. The summed E-state index contributed by atoms with van der Waals surface area (Å²) in [6.45, 7) is 34.8. The van der Waals surface area contributed by atoms with Crippen LogP contribution in [0.5, 0.6) is 0 Å². The van der Waals surface area contributed by atoms with E-state index in [1.165, 1.54) is 11.6 Å². The number of hydrogen-bond acceptors (Lipinski definition) is 6. The van der Waals surface area contributed by atoms with Gasteiger partial charge in [0.25, 0.3) is 0 Å². The fraction of sp³-hybridized carbons (Fsp3) is 0.348. The van der Waals surface area contributed by atoms with E-state index >= 15 is 0 Å². The SMILES string of the molecule is C=C(CC)NC(=C)C1=CC2=CC(C=C1)[C@@H](NC(=C)C1=NC(C)=NCCCC/C(C(=C)NCc3ccc(F)c(CNC4=CC(=C)C4=C)c3)=C\1)CCC2.CC. The van der Waals surface area contributed by atoms with Gasteiger partial charge in [-0.1, -0.05) is 96.2 Å². The van der Waals surface area contributed by atoms with Crippen LogP contribution in [0.15, 0.2) is 160 Å². The van der Waals surface area contributed by atoms with Gasteiger partial charge in [-0.05, 0) is 104 Å². The summed E-state index contributed by atoms with van der Waals surface area (Å²) in [6, 6.07) is 5.37. The molecule has 0 fully saturated rings. The van der Waals surface area contributed by atoms with Crippen molar-refractivity contribution in [3.63, 3.8) is 0 Å². The van der Waals surface area contributed by atoms with Gasteiger partial charge in [-0.3, -0.25) is 4.99 Å². The van der Waals surface area contributed by atoms with Crippen LogP contribution in [-0.4, -0.2) is 24.1 Å². The molecule has 7 heteroatoms. The van der Waals surface area contributed by atoms with Crippen LogP contribution in [0.3, 0.4) is 0 Å². The average molecular weight is 715 g/mol. The van der Waals surface area contributed by atoms with Gasteiger partial charge in [0.15, 0.2) is 0 Å². The molecule has 0 amide bonds. The molecular formula is C46H59FN6. The van der Waals surface area contributed by atoms with Gasteiger partial charge in [-0.25, -0.2) is 9.38 Å². The molecule has 2 atom stereocenters. The highest BCUT2D eigenvalue weighted by atomic mass is 19.1. The van der Waals surface area contributed by atoms with Gasteiger partial charge in [-0.2, -0.15) is 0 Å². The Bertz CT molecular complexity index is 1840. The first-order valence-electron chi connectivity index (χ1n) is 19.1. The first-order valence-corrected chi connectivity index (χ1v) is 19.1. The van der Waals surface area contributed by atoms with Crippen molar-refractivity contribution in [3.05, 3.63) is 167 Å². The average Bonchev–Trinajstić information content (AvgIpc) is 3.49. The van der Waals surface area contributed by atoms with Crippen LogP contribution >= 0.6 is 0 Å². The lowest BCUT2D eigenvalue weighted by Gasteiger charge is -2.25. The Morgan fingerprint density at radius 3 is 2.47 bits per heavy atom. The van der Waals surface area contributed by atoms with E-state index in [-0.39, 0.29) is 17.8 Å². The largest absolute Gasteiger partial charge is 0.381 e. The standard InChI is InChI=1S/C44H53FN6.C2H6/c1-9-29(3)49-32(6)38-17-18-39-23-35(22-38)13-12-15-42(39)50-33(7)44-25-37(14-10-11-20-46-34(8)51-44)31(5)47-26-36-16-19-41(45)40(24-36)27-48-43-21-28(2)30(43)4;1-2/h16-19,21-25,39,42,47-50H,2-7,9-15,20,26-27H2,1,8H3;1-2H3/b37-25+,46-34?,51-44?;/t39?,42-;/m0./s1. The first-order chi connectivity index (χ1) is 25.5. The van der Waals surface area contributed by atoms with E-state index in [1.54, 1.807) is 0 Å². The molecule has 0 spiro atoms. The molecule has 0 saturated carbocycles. The Labute approximate surface area is 318 Å². The Morgan fingerprint density at radius 1 is 0.943 bits per heavy atom. The maximum atomic E-state index is 14.7. The number of nitrogens with zero attached hydrogens (tertiary/aromatic N) is 2. The van der Waals surface area contributed by atoms with Crippen molar-refractivity contribution in [1.82, 2.24) is 21.3 Å². The fourth-order valence-electron chi connectivity index (χ4n) is 6.49. The van der Waals surface area contributed by atoms with Gasteiger partial charge in [0.2, 0.25) is 0 Å². The van der Waals surface area contributed by atoms with Crippen molar-refractivity contribution in [2.75, 3.05) is 6.54 Å². The molecule has 53 heavy (non-hydrogen) atoms. The maximum absolute atomic E-state index is 14.7. The number of halogens is 1. The summed E-state index contributed by atoms with van der Waals surface area (Å²) in [5.41, 5.74) is 11.8. The van der Waals surface area contributed by atoms with Gasteiger partial charge in [0.05, 0.1) is 11.4 Å². The van der Waals surface area contributed by atoms with Crippen LogP contribution in [-0.2, 0) is 13.1 Å². The summed E-state index contributed by atoms with van der Waals surface area (Å²) in [7, 11) is 0. The Kier molecular flexibility index (Phi) is 15.0. The zero-order valence-corrected chi connectivity index (χ0v) is 32.4. The number of amidine groups is 1. The van der Waals surface area contributed by atoms with Crippen molar-refractivity contribution in [2.45, 2.75) is 91.8 Å². The minimum absolute atomic E-state index is 0.152. The predicted molar refractivity (Wildman–Crippen MR) is 225 cm³/mol. The van der Waals surface area contributed by atoms with Crippen LogP contribution in [0.4, 0.5) is 4.39 Å². The highest BCUT2D eigenvalue weighted by Gasteiger charge is 2.24. The second-order valence-electron chi connectivity index (χ2n) is 13.7. The van der Waals surface area contributed by atoms with Gasteiger partial charge >= 0.3 is 0 Å². The van der Waals surface area contributed by atoms with Crippen LogP contribution in [0.2, 0.25) is 0 Å². The Balaban J connectivity index is 0.00000308. The van der Waals surface area contributed by atoms with Gasteiger partial charge in [0, 0.05) is 59.9 Å². The lowest BCUT2D eigenvalue weighted by atomic mass is 9.94. The molecule has 6 nitrogen and oxygen atoms in total. The van der Waals surface area contributed by atoms with E-state index in [9.17, 15) is 4.39 Å².